The standard InChI is InChI=1S/C13H13ClN2O/c1-10(17)16-5-3-2-4-11-6-12(9-15)8-13(14)7-11/h2,4,6-8H,3,5H2,1H3,(H,16,17). The van der Waals surface area contributed by atoms with Crippen molar-refractivity contribution in [3.8, 4) is 6.07 Å². The van der Waals surface area contributed by atoms with E-state index in [-0.39, 0.29) is 5.91 Å². The highest BCUT2D eigenvalue weighted by molar-refractivity contribution is 6.30. The number of hydrogen-bond acceptors (Lipinski definition) is 2. The normalized spacial score (nSPS) is 10.2. The molecule has 4 heteroatoms. The number of nitrogens with one attached hydrogen (secondary N) is 1. The van der Waals surface area contributed by atoms with Crippen LogP contribution in [-0.4, -0.2) is 12.5 Å². The highest BCUT2D eigenvalue weighted by Crippen LogP contribution is 2.15. The van der Waals surface area contributed by atoms with E-state index in [2.05, 4.69) is 5.32 Å². The van der Waals surface area contributed by atoms with Gasteiger partial charge in [-0.25, -0.2) is 0 Å². The van der Waals surface area contributed by atoms with Crippen molar-refractivity contribution in [3.63, 3.8) is 0 Å². The second-order valence-corrected chi connectivity index (χ2v) is 4.00. The largest absolute Gasteiger partial charge is 0.356 e. The molecule has 1 N–H and O–H groups in total. The van der Waals surface area contributed by atoms with Crippen LogP contribution in [0.3, 0.4) is 0 Å². The maximum Gasteiger partial charge on any atom is 0.216 e. The first-order valence-corrected chi connectivity index (χ1v) is 5.61. The van der Waals surface area contributed by atoms with Crippen molar-refractivity contribution < 1.29 is 4.79 Å². The van der Waals surface area contributed by atoms with Gasteiger partial charge >= 0.3 is 0 Å². The van der Waals surface area contributed by atoms with E-state index >= 15 is 0 Å². The Morgan fingerprint density at radius 3 is 2.94 bits per heavy atom. The number of benzene rings is 1. The minimum absolute atomic E-state index is 0.0343. The molecule has 0 aliphatic carbocycles. The molecule has 0 fully saturated rings. The second-order valence-electron chi connectivity index (χ2n) is 3.56. The molecule has 0 saturated carbocycles. The number of nitriles is 1. The maximum atomic E-state index is 10.6. The van der Waals surface area contributed by atoms with Crippen LogP contribution in [0.1, 0.15) is 24.5 Å². The zero-order valence-corrected chi connectivity index (χ0v) is 10.3. The average Bonchev–Trinajstić information content (AvgIpc) is 2.27. The first-order valence-electron chi connectivity index (χ1n) is 5.23. The molecule has 1 aromatic rings. The fraction of sp³-hybridized carbons (Fsp3) is 0.231. The molecule has 3 nitrogen and oxygen atoms in total. The molecule has 88 valence electrons. The number of rotatable bonds is 4. The molecule has 0 atom stereocenters. The summed E-state index contributed by atoms with van der Waals surface area (Å²) in [7, 11) is 0. The van der Waals surface area contributed by atoms with Gasteiger partial charge in [0.1, 0.15) is 0 Å². The Hall–Kier alpha value is -1.79. The van der Waals surface area contributed by atoms with E-state index in [1.807, 2.05) is 18.2 Å². The van der Waals surface area contributed by atoms with Crippen molar-refractivity contribution in [1.29, 1.82) is 5.26 Å². The Morgan fingerprint density at radius 1 is 1.53 bits per heavy atom. The zero-order valence-electron chi connectivity index (χ0n) is 9.53. The van der Waals surface area contributed by atoms with E-state index in [4.69, 9.17) is 16.9 Å². The van der Waals surface area contributed by atoms with Gasteiger partial charge in [-0.3, -0.25) is 4.79 Å². The van der Waals surface area contributed by atoms with Gasteiger partial charge in [0.05, 0.1) is 11.6 Å². The minimum atomic E-state index is -0.0343. The number of halogens is 1. The summed E-state index contributed by atoms with van der Waals surface area (Å²) >= 11 is 5.87. The smallest absolute Gasteiger partial charge is 0.216 e. The van der Waals surface area contributed by atoms with Crippen molar-refractivity contribution in [1.82, 2.24) is 5.32 Å². The van der Waals surface area contributed by atoms with Crippen LogP contribution < -0.4 is 5.32 Å². The predicted molar refractivity (Wildman–Crippen MR) is 68.5 cm³/mol. The lowest BCUT2D eigenvalue weighted by Crippen LogP contribution is -2.20. The molecule has 0 heterocycles. The summed E-state index contributed by atoms with van der Waals surface area (Å²) < 4.78 is 0. The summed E-state index contributed by atoms with van der Waals surface area (Å²) in [5.41, 5.74) is 1.43. The highest BCUT2D eigenvalue weighted by Gasteiger charge is 1.96. The molecule has 0 aliphatic heterocycles. The van der Waals surface area contributed by atoms with Crippen LogP contribution in [0.2, 0.25) is 5.02 Å². The Morgan fingerprint density at radius 2 is 2.29 bits per heavy atom. The van der Waals surface area contributed by atoms with Crippen molar-refractivity contribution in [3.05, 3.63) is 40.4 Å². The molecule has 1 amide bonds. The van der Waals surface area contributed by atoms with Gasteiger partial charge in [0.25, 0.3) is 0 Å². The van der Waals surface area contributed by atoms with E-state index in [9.17, 15) is 4.79 Å². The number of amides is 1. The summed E-state index contributed by atoms with van der Waals surface area (Å²) in [4.78, 5) is 10.6. The quantitative estimate of drug-likeness (QED) is 0.833. The summed E-state index contributed by atoms with van der Waals surface area (Å²) in [5, 5.41) is 12.0. The van der Waals surface area contributed by atoms with E-state index in [0.717, 1.165) is 12.0 Å². The van der Waals surface area contributed by atoms with E-state index in [0.29, 0.717) is 17.1 Å². The van der Waals surface area contributed by atoms with Gasteiger partial charge in [-0.1, -0.05) is 23.8 Å². The fourth-order valence-corrected chi connectivity index (χ4v) is 1.57. The van der Waals surface area contributed by atoms with Crippen LogP contribution in [0, 0.1) is 11.3 Å². The van der Waals surface area contributed by atoms with Gasteiger partial charge in [0.2, 0.25) is 5.91 Å². The maximum absolute atomic E-state index is 10.6. The highest BCUT2D eigenvalue weighted by atomic mass is 35.5. The van der Waals surface area contributed by atoms with Gasteiger partial charge < -0.3 is 5.32 Å². The first kappa shape index (κ1) is 13.3. The van der Waals surface area contributed by atoms with Gasteiger partial charge in [-0.05, 0) is 30.2 Å². The molecule has 0 bridgehead atoms. The van der Waals surface area contributed by atoms with Crippen molar-refractivity contribution in [2.24, 2.45) is 0 Å². The monoisotopic (exact) mass is 248 g/mol. The number of nitrogens with zero attached hydrogens (tertiary/aromatic N) is 1. The summed E-state index contributed by atoms with van der Waals surface area (Å²) in [5.74, 6) is -0.0343. The molecular weight excluding hydrogens is 236 g/mol. The van der Waals surface area contributed by atoms with Gasteiger partial charge in [0, 0.05) is 18.5 Å². The second kappa shape index (κ2) is 6.72. The van der Waals surface area contributed by atoms with Crippen molar-refractivity contribution in [2.45, 2.75) is 13.3 Å². The summed E-state index contributed by atoms with van der Waals surface area (Å²) in [6.07, 6.45) is 4.56. The average molecular weight is 249 g/mol. The zero-order chi connectivity index (χ0) is 12.7. The Balaban J connectivity index is 2.56. The molecule has 0 saturated heterocycles. The topological polar surface area (TPSA) is 52.9 Å². The lowest BCUT2D eigenvalue weighted by atomic mass is 10.1. The van der Waals surface area contributed by atoms with Crippen LogP contribution in [0.5, 0.6) is 0 Å². The van der Waals surface area contributed by atoms with Crippen LogP contribution in [-0.2, 0) is 4.79 Å². The van der Waals surface area contributed by atoms with Crippen LogP contribution in [0.15, 0.2) is 24.3 Å². The minimum Gasteiger partial charge on any atom is -0.356 e. The molecule has 0 unspecified atom stereocenters. The van der Waals surface area contributed by atoms with E-state index in [1.54, 1.807) is 18.2 Å². The molecule has 0 radical (unpaired) electrons. The molecular formula is C13H13ClN2O. The van der Waals surface area contributed by atoms with Crippen molar-refractivity contribution in [2.75, 3.05) is 6.54 Å². The molecule has 0 aliphatic rings. The Labute approximate surface area is 106 Å². The van der Waals surface area contributed by atoms with E-state index < -0.39 is 0 Å². The number of carbonyl (C=O) groups excluding carboxylic acids is 1. The lowest BCUT2D eigenvalue weighted by Gasteiger charge is -1.98. The number of hydrogen-bond donors (Lipinski definition) is 1. The Kier molecular flexibility index (Phi) is 5.25. The van der Waals surface area contributed by atoms with Gasteiger partial charge in [-0.2, -0.15) is 5.26 Å². The third-order valence-corrected chi connectivity index (χ3v) is 2.26. The summed E-state index contributed by atoms with van der Waals surface area (Å²) in [6, 6.07) is 7.22. The molecule has 0 aromatic heterocycles. The van der Waals surface area contributed by atoms with E-state index in [1.165, 1.54) is 6.92 Å². The third-order valence-electron chi connectivity index (χ3n) is 2.04. The van der Waals surface area contributed by atoms with Gasteiger partial charge in [-0.15, -0.1) is 0 Å². The third kappa shape index (κ3) is 5.19. The molecule has 1 aromatic carbocycles. The number of carbonyl (C=O) groups is 1. The molecule has 0 spiro atoms. The molecule has 1 rings (SSSR count). The SMILES string of the molecule is CC(=O)NCCC=Cc1cc(Cl)cc(C#N)c1. The first-order chi connectivity index (χ1) is 8.11. The summed E-state index contributed by atoms with van der Waals surface area (Å²) in [6.45, 7) is 2.09. The fourth-order valence-electron chi connectivity index (χ4n) is 1.32. The van der Waals surface area contributed by atoms with Gasteiger partial charge in [0.15, 0.2) is 0 Å². The van der Waals surface area contributed by atoms with Crippen LogP contribution in [0.25, 0.3) is 6.08 Å². The molecule has 17 heavy (non-hydrogen) atoms. The Bertz CT molecular complexity index is 475. The van der Waals surface area contributed by atoms with Crippen molar-refractivity contribution >= 4 is 23.6 Å². The van der Waals surface area contributed by atoms with Crippen LogP contribution in [0.4, 0.5) is 0 Å². The predicted octanol–water partition coefficient (Wildman–Crippen LogP) is 2.75. The van der Waals surface area contributed by atoms with Crippen LogP contribution >= 0.6 is 11.6 Å². The lowest BCUT2D eigenvalue weighted by molar-refractivity contribution is -0.118.